The van der Waals surface area contributed by atoms with E-state index in [-0.39, 0.29) is 29.9 Å². The van der Waals surface area contributed by atoms with E-state index in [1.54, 1.807) is 87.0 Å². The minimum atomic E-state index is -4.78. The Morgan fingerprint density at radius 2 is 1.56 bits per heavy atom. The lowest BCUT2D eigenvalue weighted by atomic mass is 9.49. The number of methoxy groups -OCH3 is 3. The van der Waals surface area contributed by atoms with Crippen LogP contribution in [0.15, 0.2) is 109 Å². The average Bonchev–Trinajstić information content (AvgIpc) is 3.69. The first kappa shape index (κ1) is 44.4. The predicted octanol–water partition coefficient (Wildman–Crippen LogP) is 9.50. The van der Waals surface area contributed by atoms with Crippen LogP contribution in [0.5, 0.6) is 23.0 Å². The number of benzene rings is 4. The van der Waals surface area contributed by atoms with Crippen LogP contribution in [0.3, 0.4) is 0 Å². The van der Waals surface area contributed by atoms with Crippen molar-refractivity contribution in [1.29, 1.82) is 0 Å². The number of alkyl halides is 3. The number of nitrogens with zero attached hydrogens (tertiary/aromatic N) is 3. The molecule has 0 spiro atoms. The van der Waals surface area contributed by atoms with Crippen molar-refractivity contribution in [1.82, 2.24) is 9.99 Å². The van der Waals surface area contributed by atoms with Gasteiger partial charge in [0.1, 0.15) is 11.5 Å². The molecule has 6 atom stereocenters. The lowest BCUT2D eigenvalue weighted by molar-refractivity contribution is -0.139. The van der Waals surface area contributed by atoms with Crippen LogP contribution in [0.1, 0.15) is 46.6 Å². The molecule has 1 saturated carbocycles. The van der Waals surface area contributed by atoms with E-state index in [0.717, 1.165) is 16.0 Å². The van der Waals surface area contributed by atoms with Crippen molar-refractivity contribution in [3.05, 3.63) is 147 Å². The second kappa shape index (κ2) is 16.9. The Balaban J connectivity index is 1.13. The molecule has 0 radical (unpaired) electrons. The summed E-state index contributed by atoms with van der Waals surface area (Å²) in [4.78, 5) is 64.8. The van der Waals surface area contributed by atoms with Crippen molar-refractivity contribution < 1.29 is 51.7 Å². The van der Waals surface area contributed by atoms with E-state index in [2.05, 4.69) is 10.4 Å². The molecule has 3 fully saturated rings. The number of carbonyl (C=O) groups excluding carboxylic acids is 4. The van der Waals surface area contributed by atoms with Crippen molar-refractivity contribution in [3.8, 4) is 23.0 Å². The number of para-hydroxylation sites is 1. The highest BCUT2D eigenvalue weighted by atomic mass is 35.5. The van der Waals surface area contributed by atoms with Gasteiger partial charge in [-0.2, -0.15) is 18.2 Å². The van der Waals surface area contributed by atoms with Gasteiger partial charge in [-0.05, 0) is 84.5 Å². The maximum Gasteiger partial charge on any atom is 0.417 e. The third-order valence-corrected chi connectivity index (χ3v) is 13.7. The van der Waals surface area contributed by atoms with Crippen molar-refractivity contribution in [2.24, 2.45) is 23.7 Å². The standard InChI is InChI=1S/C49H39Cl2F3N4O8/c1-64-31-17-20-38(65-2)26(21-31)10-7-25-8-15-30(16-9-25)57-44(60)33-19-18-32-35(40(33)46(57)62)23-36-45(61)58(56-43-37(51)22-28(24-55-43)49(52,53)54)47(63)48(36,27-11-13-29(50)14-12-27)41(32)34-5-4-6-39(66-3)42(34)59/h4-18,20-22,24,33,35-36,40-41,59H,19,23H2,1-3H3,(H,55,56). The molecule has 2 aliphatic heterocycles. The molecule has 4 aliphatic rings. The number of amides is 4. The summed E-state index contributed by atoms with van der Waals surface area (Å²) in [7, 11) is 4.50. The van der Waals surface area contributed by atoms with Gasteiger partial charge >= 0.3 is 6.18 Å². The Bertz CT molecular complexity index is 2870. The van der Waals surface area contributed by atoms with Gasteiger partial charge < -0.3 is 19.3 Å². The van der Waals surface area contributed by atoms with Gasteiger partial charge in [0.15, 0.2) is 17.3 Å². The largest absolute Gasteiger partial charge is 0.504 e. The number of ether oxygens (including phenoxy) is 3. The molecule has 17 heteroatoms. The number of rotatable bonds is 10. The lowest BCUT2D eigenvalue weighted by Gasteiger charge is -2.50. The molecule has 6 unspecified atom stereocenters. The highest BCUT2D eigenvalue weighted by Gasteiger charge is 2.71. The fourth-order valence-corrected chi connectivity index (χ4v) is 10.5. The number of hydrogen-bond acceptors (Lipinski definition) is 10. The van der Waals surface area contributed by atoms with Gasteiger partial charge in [-0.3, -0.25) is 29.5 Å². The number of imide groups is 2. The molecule has 4 amide bonds. The van der Waals surface area contributed by atoms with Crippen molar-refractivity contribution in [2.75, 3.05) is 31.7 Å². The van der Waals surface area contributed by atoms with E-state index in [9.17, 15) is 27.9 Å². The van der Waals surface area contributed by atoms with Gasteiger partial charge in [0.05, 0.1) is 60.8 Å². The summed E-state index contributed by atoms with van der Waals surface area (Å²) in [6, 6.07) is 24.0. The number of hydrazine groups is 1. The number of nitrogens with one attached hydrogen (secondary N) is 1. The van der Waals surface area contributed by atoms with Gasteiger partial charge in [-0.25, -0.2) is 4.98 Å². The highest BCUT2D eigenvalue weighted by Crippen LogP contribution is 2.65. The Kier molecular flexibility index (Phi) is 11.3. The van der Waals surface area contributed by atoms with Gasteiger partial charge in [-0.1, -0.05) is 83.4 Å². The number of phenolic OH excluding ortho intramolecular Hbond substituents is 1. The number of pyridine rings is 1. The van der Waals surface area contributed by atoms with Gasteiger partial charge in [0, 0.05) is 28.3 Å². The monoisotopic (exact) mass is 938 g/mol. The number of anilines is 2. The summed E-state index contributed by atoms with van der Waals surface area (Å²) in [5.74, 6) is -7.00. The minimum absolute atomic E-state index is 0.0680. The van der Waals surface area contributed by atoms with E-state index < -0.39 is 81.2 Å². The Morgan fingerprint density at radius 1 is 0.833 bits per heavy atom. The molecule has 338 valence electrons. The summed E-state index contributed by atoms with van der Waals surface area (Å²) < 4.78 is 57.2. The SMILES string of the molecule is COc1ccc(OC)c(C=Cc2ccc(N3C(=O)C4CC=C5C(CC6C(=O)N(Nc7ncc(C(F)(F)F)cc7Cl)C(=O)C6(c6ccc(Cl)cc6)C5c5cccc(OC)c5O)C4C3=O)cc2)c1. The normalized spacial score (nSPS) is 23.7. The summed E-state index contributed by atoms with van der Waals surface area (Å²) in [6.45, 7) is 0. The highest BCUT2D eigenvalue weighted by molar-refractivity contribution is 6.33. The summed E-state index contributed by atoms with van der Waals surface area (Å²) in [6.07, 6.45) is 1.26. The topological polar surface area (TPSA) is 148 Å². The van der Waals surface area contributed by atoms with E-state index in [0.29, 0.717) is 50.6 Å². The summed E-state index contributed by atoms with van der Waals surface area (Å²) in [5.41, 5.74) is 2.54. The molecule has 1 aromatic heterocycles. The number of fused-ring (bicyclic) bond motifs is 4. The number of halogens is 5. The molecular formula is C49H39Cl2F3N4O8. The van der Waals surface area contributed by atoms with Gasteiger partial charge in [-0.15, -0.1) is 0 Å². The quantitative estimate of drug-likeness (QED) is 0.0789. The van der Waals surface area contributed by atoms with Crippen LogP contribution >= 0.6 is 23.2 Å². The van der Waals surface area contributed by atoms with E-state index >= 15 is 9.59 Å². The van der Waals surface area contributed by atoms with E-state index in [1.165, 1.54) is 13.2 Å². The third-order valence-electron chi connectivity index (χ3n) is 13.2. The van der Waals surface area contributed by atoms with E-state index in [1.807, 2.05) is 24.3 Å². The van der Waals surface area contributed by atoms with E-state index in [4.69, 9.17) is 37.4 Å². The van der Waals surface area contributed by atoms with Crippen LogP contribution in [0.4, 0.5) is 24.7 Å². The van der Waals surface area contributed by atoms with Crippen LogP contribution in [0.2, 0.25) is 10.0 Å². The smallest absolute Gasteiger partial charge is 0.417 e. The van der Waals surface area contributed by atoms with Crippen LogP contribution in [0, 0.1) is 23.7 Å². The number of carbonyl (C=O) groups is 4. The molecule has 0 bridgehead atoms. The number of aromatic nitrogens is 1. The molecule has 2 saturated heterocycles. The van der Waals surface area contributed by atoms with Crippen molar-refractivity contribution >= 4 is 70.5 Å². The zero-order valence-electron chi connectivity index (χ0n) is 35.3. The average molecular weight is 940 g/mol. The first-order valence-electron chi connectivity index (χ1n) is 20.7. The molecule has 66 heavy (non-hydrogen) atoms. The van der Waals surface area contributed by atoms with Crippen molar-refractivity contribution in [2.45, 2.75) is 30.4 Å². The maximum absolute atomic E-state index is 15.5. The molecular weight excluding hydrogens is 900 g/mol. The van der Waals surface area contributed by atoms with Gasteiger partial charge in [0.25, 0.3) is 11.8 Å². The fourth-order valence-electron chi connectivity index (χ4n) is 10.2. The number of phenols is 1. The fraction of sp³-hybridized carbons (Fsp3) is 0.245. The van der Waals surface area contributed by atoms with Crippen LogP contribution in [-0.2, 0) is 30.8 Å². The molecule has 4 aromatic carbocycles. The van der Waals surface area contributed by atoms with Gasteiger partial charge in [0.2, 0.25) is 11.8 Å². The Morgan fingerprint density at radius 3 is 2.23 bits per heavy atom. The third kappa shape index (κ3) is 7.12. The molecule has 12 nitrogen and oxygen atoms in total. The second-order valence-electron chi connectivity index (χ2n) is 16.4. The Labute approximate surface area is 386 Å². The molecule has 2 aliphatic carbocycles. The molecule has 9 rings (SSSR count). The molecule has 2 N–H and O–H groups in total. The number of allylic oxidation sites excluding steroid dienone is 2. The zero-order chi connectivity index (χ0) is 46.8. The van der Waals surface area contributed by atoms with Crippen molar-refractivity contribution in [3.63, 3.8) is 0 Å². The van der Waals surface area contributed by atoms with Crippen LogP contribution in [-0.4, -0.2) is 60.1 Å². The number of aromatic hydroxyl groups is 1. The predicted molar refractivity (Wildman–Crippen MR) is 239 cm³/mol. The first-order valence-corrected chi connectivity index (χ1v) is 21.5. The number of hydrogen-bond donors (Lipinski definition) is 2. The lowest BCUT2D eigenvalue weighted by Crippen LogP contribution is -2.53. The minimum Gasteiger partial charge on any atom is -0.504 e. The maximum atomic E-state index is 15.5. The Hall–Kier alpha value is -6.84. The molecule has 5 aromatic rings. The van der Waals surface area contributed by atoms with Crippen LogP contribution < -0.4 is 24.5 Å². The van der Waals surface area contributed by atoms with Crippen LogP contribution in [0.25, 0.3) is 12.2 Å². The zero-order valence-corrected chi connectivity index (χ0v) is 36.8. The second-order valence-corrected chi connectivity index (χ2v) is 17.2. The summed E-state index contributed by atoms with van der Waals surface area (Å²) >= 11 is 12.7. The molecule has 3 heterocycles. The summed E-state index contributed by atoms with van der Waals surface area (Å²) in [5, 5.41) is 12.4. The first-order chi connectivity index (χ1) is 31.6.